The third-order valence-corrected chi connectivity index (χ3v) is 3.65. The Kier molecular flexibility index (Phi) is 2.17. The molecule has 0 aromatic rings. The molecule has 2 saturated carbocycles. The molecule has 11 heavy (non-hydrogen) atoms. The highest BCUT2D eigenvalue weighted by atomic mass is 14.9. The molecule has 1 heteroatoms. The maximum absolute atomic E-state index is 3.42. The SMILES string of the molecule is CNC1CC2CCCC[C@H]2C1. The Labute approximate surface area is 69.6 Å². The monoisotopic (exact) mass is 153 g/mol. The smallest absolute Gasteiger partial charge is 0.00695 e. The average molecular weight is 153 g/mol. The van der Waals surface area contributed by atoms with Gasteiger partial charge in [-0.2, -0.15) is 0 Å². The molecule has 0 bridgehead atoms. The van der Waals surface area contributed by atoms with Crippen LogP contribution in [-0.2, 0) is 0 Å². The van der Waals surface area contributed by atoms with Gasteiger partial charge in [0, 0.05) is 6.04 Å². The van der Waals surface area contributed by atoms with Crippen molar-refractivity contribution in [3.8, 4) is 0 Å². The lowest BCUT2D eigenvalue weighted by Crippen LogP contribution is -2.21. The van der Waals surface area contributed by atoms with Crippen molar-refractivity contribution in [3.63, 3.8) is 0 Å². The fourth-order valence-corrected chi connectivity index (χ4v) is 2.97. The van der Waals surface area contributed by atoms with Gasteiger partial charge in [0.2, 0.25) is 0 Å². The average Bonchev–Trinajstić information content (AvgIpc) is 2.46. The quantitative estimate of drug-likeness (QED) is 0.609. The molecule has 1 nitrogen and oxygen atoms in total. The van der Waals surface area contributed by atoms with Crippen LogP contribution < -0.4 is 5.32 Å². The minimum atomic E-state index is 0.850. The summed E-state index contributed by atoms with van der Waals surface area (Å²) in [5, 5.41) is 3.42. The van der Waals surface area contributed by atoms with E-state index in [1.54, 1.807) is 0 Å². The van der Waals surface area contributed by atoms with Gasteiger partial charge in [-0.1, -0.05) is 25.7 Å². The lowest BCUT2D eigenvalue weighted by Gasteiger charge is -2.24. The van der Waals surface area contributed by atoms with Crippen LogP contribution in [0.25, 0.3) is 0 Å². The van der Waals surface area contributed by atoms with Crippen molar-refractivity contribution in [2.45, 2.75) is 44.6 Å². The molecule has 2 fully saturated rings. The Hall–Kier alpha value is -0.0400. The predicted octanol–water partition coefficient (Wildman–Crippen LogP) is 2.17. The van der Waals surface area contributed by atoms with Crippen LogP contribution in [0, 0.1) is 11.8 Å². The third-order valence-electron chi connectivity index (χ3n) is 3.65. The van der Waals surface area contributed by atoms with E-state index in [4.69, 9.17) is 0 Å². The Balaban J connectivity index is 1.92. The van der Waals surface area contributed by atoms with E-state index in [0.29, 0.717) is 0 Å². The molecule has 0 aliphatic heterocycles. The Morgan fingerprint density at radius 2 is 1.55 bits per heavy atom. The molecule has 0 aromatic carbocycles. The van der Waals surface area contributed by atoms with Crippen LogP contribution in [0.2, 0.25) is 0 Å². The molecule has 0 amide bonds. The summed E-state index contributed by atoms with van der Waals surface area (Å²) in [4.78, 5) is 0. The maximum atomic E-state index is 3.42. The molecule has 0 spiro atoms. The van der Waals surface area contributed by atoms with Crippen LogP contribution in [0.1, 0.15) is 38.5 Å². The van der Waals surface area contributed by atoms with Crippen LogP contribution in [0.3, 0.4) is 0 Å². The largest absolute Gasteiger partial charge is 0.317 e. The van der Waals surface area contributed by atoms with Gasteiger partial charge in [0.1, 0.15) is 0 Å². The van der Waals surface area contributed by atoms with Crippen molar-refractivity contribution in [2.24, 2.45) is 11.8 Å². The second-order valence-electron chi connectivity index (χ2n) is 4.26. The van der Waals surface area contributed by atoms with Gasteiger partial charge in [0.25, 0.3) is 0 Å². The molecule has 2 unspecified atom stereocenters. The topological polar surface area (TPSA) is 12.0 Å². The summed E-state index contributed by atoms with van der Waals surface area (Å²) in [6, 6.07) is 0.850. The van der Waals surface area contributed by atoms with Crippen molar-refractivity contribution in [2.75, 3.05) is 7.05 Å². The number of hydrogen-bond acceptors (Lipinski definition) is 1. The van der Waals surface area contributed by atoms with Crippen molar-refractivity contribution >= 4 is 0 Å². The van der Waals surface area contributed by atoms with E-state index in [1.807, 2.05) is 0 Å². The molecular weight excluding hydrogens is 134 g/mol. The van der Waals surface area contributed by atoms with Crippen LogP contribution in [0.4, 0.5) is 0 Å². The van der Waals surface area contributed by atoms with E-state index < -0.39 is 0 Å². The summed E-state index contributed by atoms with van der Waals surface area (Å²) >= 11 is 0. The molecule has 2 aliphatic carbocycles. The Morgan fingerprint density at radius 3 is 2.00 bits per heavy atom. The first-order valence-electron chi connectivity index (χ1n) is 5.07. The first-order valence-corrected chi connectivity index (χ1v) is 5.07. The lowest BCUT2D eigenvalue weighted by molar-refractivity contribution is 0.277. The third kappa shape index (κ3) is 1.44. The Bertz CT molecular complexity index is 119. The van der Waals surface area contributed by atoms with Crippen LogP contribution in [0.15, 0.2) is 0 Å². The maximum Gasteiger partial charge on any atom is 0.00695 e. The highest BCUT2D eigenvalue weighted by molar-refractivity contribution is 4.88. The van der Waals surface area contributed by atoms with E-state index in [9.17, 15) is 0 Å². The highest BCUT2D eigenvalue weighted by Gasteiger charge is 2.34. The highest BCUT2D eigenvalue weighted by Crippen LogP contribution is 2.41. The molecule has 2 aliphatic rings. The molecule has 0 heterocycles. The van der Waals surface area contributed by atoms with Gasteiger partial charge in [-0.05, 0) is 31.7 Å². The standard InChI is InChI=1S/C10H19N/c1-11-10-6-8-4-2-3-5-9(8)7-10/h8-11H,2-7H2,1H3/t8-,9?,10?/m0/s1. The van der Waals surface area contributed by atoms with Gasteiger partial charge in [-0.3, -0.25) is 0 Å². The van der Waals surface area contributed by atoms with E-state index >= 15 is 0 Å². The van der Waals surface area contributed by atoms with E-state index in [-0.39, 0.29) is 0 Å². The number of fused-ring (bicyclic) bond motifs is 1. The van der Waals surface area contributed by atoms with Gasteiger partial charge in [0.05, 0.1) is 0 Å². The summed E-state index contributed by atoms with van der Waals surface area (Å²) in [5.41, 5.74) is 0. The predicted molar refractivity (Wildman–Crippen MR) is 47.5 cm³/mol. The van der Waals surface area contributed by atoms with Crippen molar-refractivity contribution in [1.29, 1.82) is 0 Å². The van der Waals surface area contributed by atoms with Crippen molar-refractivity contribution < 1.29 is 0 Å². The molecule has 0 saturated heterocycles. The molecule has 0 aromatic heterocycles. The van der Waals surface area contributed by atoms with Gasteiger partial charge < -0.3 is 5.32 Å². The Morgan fingerprint density at radius 1 is 1.00 bits per heavy atom. The molecule has 2 rings (SSSR count). The molecule has 3 atom stereocenters. The van der Waals surface area contributed by atoms with Gasteiger partial charge in [0.15, 0.2) is 0 Å². The van der Waals surface area contributed by atoms with E-state index in [0.717, 1.165) is 17.9 Å². The molecule has 0 radical (unpaired) electrons. The zero-order chi connectivity index (χ0) is 7.68. The second-order valence-corrected chi connectivity index (χ2v) is 4.26. The summed E-state index contributed by atoms with van der Waals surface area (Å²) in [5.74, 6) is 2.17. The number of hydrogen-bond donors (Lipinski definition) is 1. The van der Waals surface area contributed by atoms with Crippen LogP contribution in [-0.4, -0.2) is 13.1 Å². The number of rotatable bonds is 1. The summed E-state index contributed by atoms with van der Waals surface area (Å²) < 4.78 is 0. The first-order chi connectivity index (χ1) is 5.40. The molecule has 64 valence electrons. The minimum Gasteiger partial charge on any atom is -0.317 e. The van der Waals surface area contributed by atoms with Gasteiger partial charge >= 0.3 is 0 Å². The van der Waals surface area contributed by atoms with Crippen molar-refractivity contribution in [3.05, 3.63) is 0 Å². The number of nitrogens with one attached hydrogen (secondary N) is 1. The summed E-state index contributed by atoms with van der Waals surface area (Å²) in [6.07, 6.45) is 8.95. The lowest BCUT2D eigenvalue weighted by atomic mass is 9.82. The normalized spacial score (nSPS) is 43.9. The first kappa shape index (κ1) is 7.60. The van der Waals surface area contributed by atoms with Crippen molar-refractivity contribution in [1.82, 2.24) is 5.32 Å². The zero-order valence-corrected chi connectivity index (χ0v) is 7.47. The summed E-state index contributed by atoms with van der Waals surface area (Å²) in [7, 11) is 2.11. The molecular formula is C10H19N. The van der Waals surface area contributed by atoms with E-state index in [1.165, 1.54) is 38.5 Å². The van der Waals surface area contributed by atoms with Gasteiger partial charge in [-0.25, -0.2) is 0 Å². The second kappa shape index (κ2) is 3.14. The van der Waals surface area contributed by atoms with Gasteiger partial charge in [-0.15, -0.1) is 0 Å². The fraction of sp³-hybridized carbons (Fsp3) is 1.00. The van der Waals surface area contributed by atoms with Crippen LogP contribution in [0.5, 0.6) is 0 Å². The van der Waals surface area contributed by atoms with E-state index in [2.05, 4.69) is 12.4 Å². The van der Waals surface area contributed by atoms with Crippen LogP contribution >= 0.6 is 0 Å². The minimum absolute atomic E-state index is 0.850. The summed E-state index contributed by atoms with van der Waals surface area (Å²) in [6.45, 7) is 0. The fourth-order valence-electron chi connectivity index (χ4n) is 2.97. The zero-order valence-electron chi connectivity index (χ0n) is 7.47. The molecule has 1 N–H and O–H groups in total.